The van der Waals surface area contributed by atoms with E-state index in [4.69, 9.17) is 10.7 Å². The molecule has 1 aliphatic carbocycles. The Hall–Kier alpha value is -1.73. The molecule has 28 heavy (non-hydrogen) atoms. The van der Waals surface area contributed by atoms with Gasteiger partial charge in [0.05, 0.1) is 0 Å². The molecule has 1 saturated carbocycles. The Kier molecular flexibility index (Phi) is 5.83. The summed E-state index contributed by atoms with van der Waals surface area (Å²) in [7, 11) is 0. The molecule has 1 aromatic rings. The lowest BCUT2D eigenvalue weighted by Gasteiger charge is -2.27. The Labute approximate surface area is 168 Å². The first-order chi connectivity index (χ1) is 13.5. The molecule has 7 heteroatoms. The molecule has 2 N–H and O–H groups in total. The fourth-order valence-corrected chi connectivity index (χ4v) is 4.91. The summed E-state index contributed by atoms with van der Waals surface area (Å²) in [5, 5.41) is 0. The lowest BCUT2D eigenvalue weighted by Crippen LogP contribution is -2.39. The molecule has 1 aromatic heterocycles. The Balaban J connectivity index is 1.49. The van der Waals surface area contributed by atoms with Crippen LogP contribution in [0.4, 0.5) is 5.82 Å². The normalized spacial score (nSPS) is 24.8. The third-order valence-electron chi connectivity index (χ3n) is 6.74. The number of hydrogen-bond acceptors (Lipinski definition) is 6. The molecule has 154 valence electrons. The van der Waals surface area contributed by atoms with Crippen LogP contribution in [0.3, 0.4) is 0 Å². The van der Waals surface area contributed by atoms with E-state index in [2.05, 4.69) is 14.8 Å². The summed E-state index contributed by atoms with van der Waals surface area (Å²) < 4.78 is 0. The zero-order chi connectivity index (χ0) is 19.7. The second-order valence-corrected chi connectivity index (χ2v) is 8.70. The van der Waals surface area contributed by atoms with E-state index in [1.165, 1.54) is 25.7 Å². The molecule has 0 unspecified atom stereocenters. The molecule has 2 aliphatic heterocycles. The first-order valence-corrected chi connectivity index (χ1v) is 10.9. The van der Waals surface area contributed by atoms with Crippen LogP contribution in [0.2, 0.25) is 0 Å². The third-order valence-corrected chi connectivity index (χ3v) is 6.74. The van der Waals surface area contributed by atoms with Crippen LogP contribution < -0.4 is 10.6 Å². The second-order valence-electron chi connectivity index (χ2n) is 8.70. The lowest BCUT2D eigenvalue weighted by atomic mass is 10.2. The van der Waals surface area contributed by atoms with Crippen molar-refractivity contribution in [3.63, 3.8) is 0 Å². The topological polar surface area (TPSA) is 78.6 Å². The van der Waals surface area contributed by atoms with Crippen LogP contribution in [-0.2, 0) is 0 Å². The first-order valence-electron chi connectivity index (χ1n) is 10.9. The van der Waals surface area contributed by atoms with E-state index in [-0.39, 0.29) is 11.9 Å². The van der Waals surface area contributed by atoms with E-state index < -0.39 is 0 Å². The van der Waals surface area contributed by atoms with Crippen molar-refractivity contribution < 1.29 is 4.79 Å². The van der Waals surface area contributed by atoms with Gasteiger partial charge in [-0.25, -0.2) is 9.97 Å². The Morgan fingerprint density at radius 3 is 2.46 bits per heavy atom. The van der Waals surface area contributed by atoms with E-state index in [0.717, 1.165) is 75.2 Å². The largest absolute Gasteiger partial charge is 0.355 e. The van der Waals surface area contributed by atoms with Crippen molar-refractivity contribution in [2.24, 2.45) is 5.73 Å². The predicted octanol–water partition coefficient (Wildman–Crippen LogP) is 1.72. The molecule has 7 nitrogen and oxygen atoms in total. The van der Waals surface area contributed by atoms with Crippen molar-refractivity contribution >= 4 is 11.7 Å². The molecular weight excluding hydrogens is 352 g/mol. The van der Waals surface area contributed by atoms with Gasteiger partial charge >= 0.3 is 0 Å². The van der Waals surface area contributed by atoms with Gasteiger partial charge in [-0.3, -0.25) is 9.69 Å². The highest BCUT2D eigenvalue weighted by Crippen LogP contribution is 2.26. The summed E-state index contributed by atoms with van der Waals surface area (Å²) >= 11 is 0. The van der Waals surface area contributed by atoms with Gasteiger partial charge in [-0.05, 0) is 39.5 Å². The maximum Gasteiger partial charge on any atom is 0.291 e. The fourth-order valence-electron chi connectivity index (χ4n) is 4.91. The number of aromatic nitrogens is 2. The molecule has 1 atom stereocenters. The van der Waals surface area contributed by atoms with E-state index in [0.29, 0.717) is 5.82 Å². The van der Waals surface area contributed by atoms with Crippen molar-refractivity contribution in [3.8, 4) is 0 Å². The predicted molar refractivity (Wildman–Crippen MR) is 111 cm³/mol. The summed E-state index contributed by atoms with van der Waals surface area (Å²) in [4.78, 5) is 29.2. The van der Waals surface area contributed by atoms with Crippen LogP contribution in [0.25, 0.3) is 0 Å². The number of carbonyl (C=O) groups is 1. The molecule has 0 aromatic carbocycles. The molecule has 0 spiro atoms. The van der Waals surface area contributed by atoms with Crippen LogP contribution in [0.1, 0.15) is 60.4 Å². The van der Waals surface area contributed by atoms with Crippen molar-refractivity contribution in [2.45, 2.75) is 64.5 Å². The number of hydrogen-bond donors (Lipinski definition) is 1. The minimum absolute atomic E-state index is 0.0267. The summed E-state index contributed by atoms with van der Waals surface area (Å²) in [6.45, 7) is 9.33. The van der Waals surface area contributed by atoms with Crippen LogP contribution >= 0.6 is 0 Å². The van der Waals surface area contributed by atoms with Gasteiger partial charge in [0.25, 0.3) is 5.91 Å². The van der Waals surface area contributed by atoms with Crippen molar-refractivity contribution in [2.75, 3.05) is 44.2 Å². The van der Waals surface area contributed by atoms with Gasteiger partial charge in [0.1, 0.15) is 5.82 Å². The van der Waals surface area contributed by atoms with Crippen LogP contribution in [-0.4, -0.2) is 77.0 Å². The molecule has 4 rings (SSSR count). The van der Waals surface area contributed by atoms with Crippen molar-refractivity contribution in [3.05, 3.63) is 17.1 Å². The summed E-state index contributed by atoms with van der Waals surface area (Å²) in [5.41, 5.74) is 8.02. The molecular formula is C21H34N6O. The maximum atomic E-state index is 13.2. The van der Waals surface area contributed by atoms with Gasteiger partial charge in [0, 0.05) is 62.6 Å². The average Bonchev–Trinajstić information content (AvgIpc) is 3.30. The number of anilines is 1. The van der Waals surface area contributed by atoms with Crippen LogP contribution in [0.15, 0.2) is 0 Å². The van der Waals surface area contributed by atoms with Gasteiger partial charge in [0.2, 0.25) is 5.82 Å². The summed E-state index contributed by atoms with van der Waals surface area (Å²) in [6, 6.07) is 0.903. The number of nitrogens with zero attached hydrogens (tertiary/aromatic N) is 5. The van der Waals surface area contributed by atoms with E-state index >= 15 is 0 Å². The van der Waals surface area contributed by atoms with E-state index in [9.17, 15) is 4.79 Å². The molecule has 2 saturated heterocycles. The van der Waals surface area contributed by atoms with Crippen molar-refractivity contribution in [1.82, 2.24) is 19.8 Å². The van der Waals surface area contributed by atoms with Crippen molar-refractivity contribution in [1.29, 1.82) is 0 Å². The average molecular weight is 387 g/mol. The molecule has 3 fully saturated rings. The highest BCUT2D eigenvalue weighted by molar-refractivity contribution is 5.91. The highest BCUT2D eigenvalue weighted by Gasteiger charge is 2.29. The fraction of sp³-hybridized carbons (Fsp3) is 0.762. The SMILES string of the molecule is Cc1nc(C(=O)N2CCCN(C3CCCC3)CC2)nc(N2CC[C@@H](N)C2)c1C. The van der Waals surface area contributed by atoms with Crippen LogP contribution in [0, 0.1) is 13.8 Å². The number of carbonyl (C=O) groups excluding carboxylic acids is 1. The van der Waals surface area contributed by atoms with Gasteiger partial charge in [-0.15, -0.1) is 0 Å². The minimum atomic E-state index is -0.0267. The summed E-state index contributed by atoms with van der Waals surface area (Å²) in [6.07, 6.45) is 7.33. The lowest BCUT2D eigenvalue weighted by molar-refractivity contribution is 0.0745. The maximum absolute atomic E-state index is 13.2. The molecule has 0 radical (unpaired) electrons. The zero-order valence-electron chi connectivity index (χ0n) is 17.4. The van der Waals surface area contributed by atoms with Gasteiger partial charge in [-0.1, -0.05) is 12.8 Å². The Bertz CT molecular complexity index is 717. The summed E-state index contributed by atoms with van der Waals surface area (Å²) in [5.74, 6) is 1.19. The Morgan fingerprint density at radius 1 is 0.964 bits per heavy atom. The molecule has 1 amide bonds. The van der Waals surface area contributed by atoms with Gasteiger partial charge in [-0.2, -0.15) is 0 Å². The Morgan fingerprint density at radius 2 is 1.75 bits per heavy atom. The van der Waals surface area contributed by atoms with Gasteiger partial charge < -0.3 is 15.5 Å². The monoisotopic (exact) mass is 386 g/mol. The van der Waals surface area contributed by atoms with Gasteiger partial charge in [0.15, 0.2) is 0 Å². The number of nitrogens with two attached hydrogens (primary N) is 1. The number of rotatable bonds is 3. The van der Waals surface area contributed by atoms with Crippen LogP contribution in [0.5, 0.6) is 0 Å². The quantitative estimate of drug-likeness (QED) is 0.852. The number of amides is 1. The molecule has 0 bridgehead atoms. The zero-order valence-corrected chi connectivity index (χ0v) is 17.4. The smallest absolute Gasteiger partial charge is 0.291 e. The molecule has 3 heterocycles. The third kappa shape index (κ3) is 4.01. The first kappa shape index (κ1) is 19.6. The van der Waals surface area contributed by atoms with E-state index in [1.807, 2.05) is 18.7 Å². The minimum Gasteiger partial charge on any atom is -0.355 e. The number of aryl methyl sites for hydroxylation is 1. The van der Waals surface area contributed by atoms with E-state index in [1.54, 1.807) is 0 Å². The highest BCUT2D eigenvalue weighted by atomic mass is 16.2. The standard InChI is InChI=1S/C21H34N6O/c1-15-16(2)23-19(24-20(15)27-11-8-17(22)14-27)21(28)26-10-5-9-25(12-13-26)18-6-3-4-7-18/h17-18H,3-14,22H2,1-2H3/t17-/m1/s1. The molecule has 3 aliphatic rings. The second kappa shape index (κ2) is 8.33.